The molecule has 0 aliphatic carbocycles. The first-order chi connectivity index (χ1) is 10.1. The summed E-state index contributed by atoms with van der Waals surface area (Å²) in [5, 5.41) is 9.76. The highest BCUT2D eigenvalue weighted by molar-refractivity contribution is 5.47. The lowest BCUT2D eigenvalue weighted by Gasteiger charge is -2.35. The molecule has 112 valence electrons. The fraction of sp³-hybridized carbons (Fsp3) is 0.294. The molecule has 0 amide bonds. The lowest BCUT2D eigenvalue weighted by atomic mass is 9.91. The predicted octanol–water partition coefficient (Wildman–Crippen LogP) is 2.50. The maximum absolute atomic E-state index is 13.0. The number of halogens is 1. The van der Waals surface area contributed by atoms with E-state index in [1.807, 2.05) is 42.2 Å². The van der Waals surface area contributed by atoms with Gasteiger partial charge in [-0.15, -0.1) is 0 Å². The van der Waals surface area contributed by atoms with Crippen LogP contribution in [-0.2, 0) is 5.54 Å². The molecule has 0 aromatic heterocycles. The fourth-order valence-corrected chi connectivity index (χ4v) is 2.38. The van der Waals surface area contributed by atoms with Crippen molar-refractivity contribution in [3.05, 3.63) is 66.0 Å². The van der Waals surface area contributed by atoms with E-state index in [0.717, 1.165) is 17.8 Å². The molecule has 3 N–H and O–H groups in total. The van der Waals surface area contributed by atoms with Crippen molar-refractivity contribution in [2.45, 2.75) is 12.5 Å². The molecule has 1 unspecified atom stereocenters. The normalized spacial score (nSPS) is 13.7. The number of nitrogens with two attached hydrogens (primary N) is 1. The van der Waals surface area contributed by atoms with Crippen LogP contribution in [0.25, 0.3) is 0 Å². The van der Waals surface area contributed by atoms with Crippen LogP contribution in [0.1, 0.15) is 12.5 Å². The largest absolute Gasteiger partial charge is 0.394 e. The number of hydrogen-bond acceptors (Lipinski definition) is 3. The van der Waals surface area contributed by atoms with Gasteiger partial charge in [0.1, 0.15) is 5.82 Å². The lowest BCUT2D eigenvalue weighted by Crippen LogP contribution is -2.50. The highest BCUT2D eigenvalue weighted by Crippen LogP contribution is 2.23. The van der Waals surface area contributed by atoms with Gasteiger partial charge in [-0.25, -0.2) is 4.39 Å². The Morgan fingerprint density at radius 1 is 1.10 bits per heavy atom. The Kier molecular flexibility index (Phi) is 4.94. The van der Waals surface area contributed by atoms with Crippen LogP contribution in [0.15, 0.2) is 54.6 Å². The first-order valence-electron chi connectivity index (χ1n) is 7.05. The molecule has 2 aromatic carbocycles. The van der Waals surface area contributed by atoms with Gasteiger partial charge in [0.25, 0.3) is 0 Å². The third kappa shape index (κ3) is 3.60. The van der Waals surface area contributed by atoms with Crippen LogP contribution in [-0.4, -0.2) is 24.8 Å². The van der Waals surface area contributed by atoms with Crippen LogP contribution in [0.4, 0.5) is 10.1 Å². The van der Waals surface area contributed by atoms with Gasteiger partial charge >= 0.3 is 0 Å². The number of nitrogens with zero attached hydrogens (tertiary/aromatic N) is 1. The minimum atomic E-state index is -0.855. The van der Waals surface area contributed by atoms with Crippen LogP contribution in [0.2, 0.25) is 0 Å². The van der Waals surface area contributed by atoms with Crippen LogP contribution >= 0.6 is 0 Å². The summed E-state index contributed by atoms with van der Waals surface area (Å²) >= 11 is 0. The molecule has 0 fully saturated rings. The Morgan fingerprint density at radius 2 is 1.71 bits per heavy atom. The van der Waals surface area contributed by atoms with Gasteiger partial charge in [0.15, 0.2) is 0 Å². The highest BCUT2D eigenvalue weighted by atomic mass is 19.1. The summed E-state index contributed by atoms with van der Waals surface area (Å²) in [7, 11) is 0. The maximum Gasteiger partial charge on any atom is 0.123 e. The smallest absolute Gasteiger partial charge is 0.123 e. The molecule has 0 aliphatic heterocycles. The summed E-state index contributed by atoms with van der Waals surface area (Å²) in [6.07, 6.45) is 0. The molecule has 0 spiro atoms. The average molecular weight is 288 g/mol. The summed E-state index contributed by atoms with van der Waals surface area (Å²) in [5.74, 6) is -0.265. The second-order valence-corrected chi connectivity index (χ2v) is 5.17. The van der Waals surface area contributed by atoms with Gasteiger partial charge in [-0.05, 0) is 36.8 Å². The van der Waals surface area contributed by atoms with Gasteiger partial charge in [0.05, 0.1) is 12.1 Å². The third-order valence-corrected chi connectivity index (χ3v) is 3.68. The summed E-state index contributed by atoms with van der Waals surface area (Å²) in [6, 6.07) is 15.8. The van der Waals surface area contributed by atoms with E-state index in [0.29, 0.717) is 6.54 Å². The van der Waals surface area contributed by atoms with E-state index in [2.05, 4.69) is 0 Å². The van der Waals surface area contributed by atoms with Gasteiger partial charge in [0.2, 0.25) is 0 Å². The number of benzene rings is 2. The first kappa shape index (κ1) is 15.5. The minimum absolute atomic E-state index is 0.158. The molecule has 3 nitrogen and oxygen atoms in total. The zero-order chi connectivity index (χ0) is 15.3. The predicted molar refractivity (Wildman–Crippen MR) is 83.7 cm³/mol. The Hall–Kier alpha value is -1.91. The number of aliphatic hydroxyl groups is 1. The molecular weight excluding hydrogens is 267 g/mol. The van der Waals surface area contributed by atoms with E-state index in [9.17, 15) is 9.50 Å². The quantitative estimate of drug-likeness (QED) is 0.858. The number of rotatable bonds is 6. The number of hydrogen-bond donors (Lipinski definition) is 2. The first-order valence-corrected chi connectivity index (χ1v) is 7.05. The zero-order valence-electron chi connectivity index (χ0n) is 12.2. The topological polar surface area (TPSA) is 49.5 Å². The fourth-order valence-electron chi connectivity index (χ4n) is 2.38. The molecule has 0 saturated carbocycles. The van der Waals surface area contributed by atoms with Gasteiger partial charge in [-0.3, -0.25) is 0 Å². The number of likely N-dealkylation sites (N-methyl/N-ethyl adjacent to an activating group) is 1. The molecule has 0 bridgehead atoms. The molecular formula is C17H21FN2O. The monoisotopic (exact) mass is 288 g/mol. The van der Waals surface area contributed by atoms with Crippen LogP contribution in [0.5, 0.6) is 0 Å². The zero-order valence-corrected chi connectivity index (χ0v) is 12.2. The molecule has 0 heterocycles. The van der Waals surface area contributed by atoms with E-state index in [1.54, 1.807) is 12.1 Å². The Balaban J connectivity index is 2.25. The van der Waals surface area contributed by atoms with Crippen LogP contribution < -0.4 is 10.6 Å². The average Bonchev–Trinajstić information content (AvgIpc) is 2.54. The van der Waals surface area contributed by atoms with E-state index in [-0.39, 0.29) is 12.4 Å². The molecule has 2 aromatic rings. The second-order valence-electron chi connectivity index (χ2n) is 5.17. The van der Waals surface area contributed by atoms with E-state index < -0.39 is 5.54 Å². The maximum atomic E-state index is 13.0. The van der Waals surface area contributed by atoms with Crippen LogP contribution in [0, 0.1) is 5.82 Å². The molecule has 0 saturated heterocycles. The van der Waals surface area contributed by atoms with Crippen molar-refractivity contribution in [1.82, 2.24) is 0 Å². The molecule has 21 heavy (non-hydrogen) atoms. The van der Waals surface area contributed by atoms with Crippen molar-refractivity contribution >= 4 is 5.69 Å². The van der Waals surface area contributed by atoms with Gasteiger partial charge in [-0.1, -0.05) is 30.3 Å². The summed E-state index contributed by atoms with van der Waals surface area (Å²) in [4.78, 5) is 2.03. The lowest BCUT2D eigenvalue weighted by molar-refractivity contribution is 0.199. The van der Waals surface area contributed by atoms with Crippen molar-refractivity contribution in [1.29, 1.82) is 0 Å². The number of anilines is 1. The standard InChI is InChI=1S/C17H21FN2O/c1-2-20(16-10-8-15(18)9-11-16)12-17(19,13-21)14-6-4-3-5-7-14/h3-11,21H,2,12-13,19H2,1H3. The van der Waals surface area contributed by atoms with Crippen molar-refractivity contribution in [2.24, 2.45) is 5.73 Å². The SMILES string of the molecule is CCN(CC(N)(CO)c1ccccc1)c1ccc(F)cc1. The van der Waals surface area contributed by atoms with Crippen molar-refractivity contribution in [2.75, 3.05) is 24.6 Å². The highest BCUT2D eigenvalue weighted by Gasteiger charge is 2.29. The number of aliphatic hydroxyl groups excluding tert-OH is 1. The molecule has 4 heteroatoms. The van der Waals surface area contributed by atoms with Gasteiger partial charge < -0.3 is 15.7 Å². The Morgan fingerprint density at radius 3 is 2.24 bits per heavy atom. The van der Waals surface area contributed by atoms with Crippen molar-refractivity contribution in [3.63, 3.8) is 0 Å². The van der Waals surface area contributed by atoms with Gasteiger partial charge in [-0.2, -0.15) is 0 Å². The van der Waals surface area contributed by atoms with Crippen molar-refractivity contribution in [3.8, 4) is 0 Å². The summed E-state index contributed by atoms with van der Waals surface area (Å²) in [5.41, 5.74) is 7.31. The second kappa shape index (κ2) is 6.70. The van der Waals surface area contributed by atoms with E-state index in [4.69, 9.17) is 5.73 Å². The molecule has 2 rings (SSSR count). The van der Waals surface area contributed by atoms with E-state index >= 15 is 0 Å². The van der Waals surface area contributed by atoms with Crippen LogP contribution in [0.3, 0.4) is 0 Å². The Bertz CT molecular complexity index is 559. The Labute approximate surface area is 124 Å². The van der Waals surface area contributed by atoms with Crippen molar-refractivity contribution < 1.29 is 9.50 Å². The van der Waals surface area contributed by atoms with E-state index in [1.165, 1.54) is 12.1 Å². The summed E-state index contributed by atoms with van der Waals surface area (Å²) < 4.78 is 13.0. The summed E-state index contributed by atoms with van der Waals surface area (Å²) in [6.45, 7) is 3.02. The third-order valence-electron chi connectivity index (χ3n) is 3.68. The van der Waals surface area contributed by atoms with Gasteiger partial charge in [0, 0.05) is 18.8 Å². The molecule has 1 atom stereocenters. The molecule has 0 aliphatic rings. The molecule has 0 radical (unpaired) electrons. The minimum Gasteiger partial charge on any atom is -0.394 e.